The van der Waals surface area contributed by atoms with Crippen molar-refractivity contribution in [2.24, 2.45) is 0 Å². The molecule has 0 fully saturated rings. The first-order valence-corrected chi connectivity index (χ1v) is 8.43. The predicted octanol–water partition coefficient (Wildman–Crippen LogP) is 4.09. The zero-order valence-electron chi connectivity index (χ0n) is 14.0. The van der Waals surface area contributed by atoms with Crippen LogP contribution in [0, 0.1) is 20.8 Å². The molecule has 0 unspecified atom stereocenters. The van der Waals surface area contributed by atoms with Gasteiger partial charge in [0.2, 0.25) is 4.96 Å². The molecule has 1 N–H and O–H groups in total. The third kappa shape index (κ3) is 2.74. The van der Waals surface area contributed by atoms with Crippen LogP contribution in [-0.4, -0.2) is 20.5 Å². The highest BCUT2D eigenvalue weighted by Gasteiger charge is 2.21. The van der Waals surface area contributed by atoms with Crippen LogP contribution in [0.15, 0.2) is 18.2 Å². The van der Waals surface area contributed by atoms with Crippen LogP contribution in [0.3, 0.4) is 0 Å². The zero-order chi connectivity index (χ0) is 16.7. The molecule has 23 heavy (non-hydrogen) atoms. The van der Waals surface area contributed by atoms with Crippen molar-refractivity contribution in [3.05, 3.63) is 45.7 Å². The fourth-order valence-corrected chi connectivity index (χ4v) is 3.62. The molecule has 0 saturated carbocycles. The van der Waals surface area contributed by atoms with E-state index < -0.39 is 0 Å². The van der Waals surface area contributed by atoms with Crippen molar-refractivity contribution >= 4 is 27.9 Å². The highest BCUT2D eigenvalue weighted by atomic mass is 32.1. The van der Waals surface area contributed by atoms with Crippen LogP contribution in [0.25, 0.3) is 4.96 Å². The summed E-state index contributed by atoms with van der Waals surface area (Å²) in [6.07, 6.45) is 0. The van der Waals surface area contributed by atoms with Crippen LogP contribution in [0.1, 0.15) is 52.1 Å². The Bertz CT molecular complexity index is 892. The maximum atomic E-state index is 12.7. The van der Waals surface area contributed by atoms with Crippen LogP contribution in [0.4, 0.5) is 5.69 Å². The number of carbonyl (C=O) groups is 1. The van der Waals surface area contributed by atoms with Gasteiger partial charge in [-0.25, -0.2) is 0 Å². The Balaban J connectivity index is 1.96. The van der Waals surface area contributed by atoms with E-state index in [1.165, 1.54) is 16.9 Å². The number of fused-ring (bicyclic) bond motifs is 1. The maximum absolute atomic E-state index is 12.7. The number of nitrogens with one attached hydrogen (secondary N) is 1. The molecular formula is C17H20N4OS. The first-order chi connectivity index (χ1) is 10.9. The number of carbonyl (C=O) groups excluding carboxylic acids is 1. The number of hydrogen-bond acceptors (Lipinski definition) is 4. The topological polar surface area (TPSA) is 59.3 Å². The summed E-state index contributed by atoms with van der Waals surface area (Å²) in [6.45, 7) is 10.1. The van der Waals surface area contributed by atoms with Crippen molar-refractivity contribution in [1.82, 2.24) is 14.6 Å². The van der Waals surface area contributed by atoms with Crippen molar-refractivity contribution in [2.45, 2.75) is 40.5 Å². The van der Waals surface area contributed by atoms with E-state index in [0.29, 0.717) is 4.88 Å². The molecule has 5 nitrogen and oxygen atoms in total. The Kier molecular flexibility index (Phi) is 3.93. The van der Waals surface area contributed by atoms with Gasteiger partial charge in [-0.05, 0) is 32.4 Å². The lowest BCUT2D eigenvalue weighted by molar-refractivity contribution is 0.102. The van der Waals surface area contributed by atoms with Crippen molar-refractivity contribution in [3.63, 3.8) is 0 Å². The van der Waals surface area contributed by atoms with Gasteiger partial charge >= 0.3 is 0 Å². The van der Waals surface area contributed by atoms with E-state index in [1.54, 1.807) is 0 Å². The van der Waals surface area contributed by atoms with Crippen LogP contribution in [0.5, 0.6) is 0 Å². The number of hydrogen-bond donors (Lipinski definition) is 1. The highest BCUT2D eigenvalue weighted by molar-refractivity contribution is 7.19. The first-order valence-electron chi connectivity index (χ1n) is 7.61. The smallest absolute Gasteiger partial charge is 0.267 e. The normalized spacial score (nSPS) is 11.4. The SMILES string of the molecule is Cc1ccc(NC(=O)c2sc3nnc(C(C)C)n3c2C)c(C)c1. The molecule has 2 aromatic heterocycles. The van der Waals surface area contributed by atoms with Crippen molar-refractivity contribution in [1.29, 1.82) is 0 Å². The zero-order valence-corrected chi connectivity index (χ0v) is 14.8. The quantitative estimate of drug-likeness (QED) is 0.787. The van der Waals surface area contributed by atoms with Crippen LogP contribution in [-0.2, 0) is 0 Å². The second kappa shape index (κ2) is 5.77. The minimum Gasteiger partial charge on any atom is -0.321 e. The Morgan fingerprint density at radius 2 is 1.96 bits per heavy atom. The average molecular weight is 328 g/mol. The Morgan fingerprint density at radius 3 is 2.61 bits per heavy atom. The number of amides is 1. The lowest BCUT2D eigenvalue weighted by Gasteiger charge is -2.09. The van der Waals surface area contributed by atoms with Crippen LogP contribution in [0.2, 0.25) is 0 Å². The molecule has 1 aromatic carbocycles. The molecule has 0 bridgehead atoms. The summed E-state index contributed by atoms with van der Waals surface area (Å²) in [4.78, 5) is 14.1. The minimum absolute atomic E-state index is 0.0975. The van der Waals surface area contributed by atoms with E-state index in [9.17, 15) is 4.79 Å². The van der Waals surface area contributed by atoms with Gasteiger partial charge < -0.3 is 5.32 Å². The van der Waals surface area contributed by atoms with Crippen LogP contribution < -0.4 is 5.32 Å². The number of anilines is 1. The van der Waals surface area contributed by atoms with Gasteiger partial charge in [0.25, 0.3) is 5.91 Å². The summed E-state index contributed by atoms with van der Waals surface area (Å²) in [5, 5.41) is 11.4. The number of aromatic nitrogens is 3. The summed E-state index contributed by atoms with van der Waals surface area (Å²) in [5.41, 5.74) is 3.97. The highest BCUT2D eigenvalue weighted by Crippen LogP contribution is 2.27. The standard InChI is InChI=1S/C17H20N4OS/c1-9(2)15-19-20-17-21(15)12(5)14(23-17)16(22)18-13-7-6-10(3)8-11(13)4/h6-9H,1-5H3,(H,18,22). The van der Waals surface area contributed by atoms with E-state index in [2.05, 4.69) is 35.4 Å². The molecule has 0 aliphatic carbocycles. The number of benzene rings is 1. The van der Waals surface area contributed by atoms with E-state index in [1.807, 2.05) is 37.3 Å². The lowest BCUT2D eigenvalue weighted by Crippen LogP contribution is -2.13. The van der Waals surface area contributed by atoms with Gasteiger partial charge in [0.15, 0.2) is 0 Å². The summed E-state index contributed by atoms with van der Waals surface area (Å²) in [5.74, 6) is 1.05. The Morgan fingerprint density at radius 1 is 1.22 bits per heavy atom. The number of thiazole rings is 1. The van der Waals surface area contributed by atoms with Gasteiger partial charge in [0.1, 0.15) is 10.7 Å². The van der Waals surface area contributed by atoms with Crippen molar-refractivity contribution < 1.29 is 4.79 Å². The molecule has 6 heteroatoms. The molecule has 0 aliphatic rings. The molecule has 1 amide bonds. The molecule has 3 rings (SSSR count). The molecular weight excluding hydrogens is 308 g/mol. The minimum atomic E-state index is -0.0975. The first kappa shape index (κ1) is 15.7. The molecule has 120 valence electrons. The summed E-state index contributed by atoms with van der Waals surface area (Å²) >= 11 is 1.38. The third-order valence-electron chi connectivity index (χ3n) is 3.87. The van der Waals surface area contributed by atoms with Gasteiger partial charge in [0, 0.05) is 17.3 Å². The largest absolute Gasteiger partial charge is 0.321 e. The molecule has 0 spiro atoms. The number of nitrogens with zero attached hydrogens (tertiary/aromatic N) is 3. The molecule has 3 aromatic rings. The second-order valence-electron chi connectivity index (χ2n) is 6.12. The third-order valence-corrected chi connectivity index (χ3v) is 5.00. The maximum Gasteiger partial charge on any atom is 0.267 e. The summed E-state index contributed by atoms with van der Waals surface area (Å²) in [6, 6.07) is 6.00. The van der Waals surface area contributed by atoms with E-state index >= 15 is 0 Å². The Hall–Kier alpha value is -2.21. The molecule has 0 aliphatic heterocycles. The van der Waals surface area contributed by atoms with Gasteiger partial charge in [-0.2, -0.15) is 0 Å². The summed E-state index contributed by atoms with van der Waals surface area (Å²) in [7, 11) is 0. The van der Waals surface area contributed by atoms with Gasteiger partial charge in [-0.3, -0.25) is 9.20 Å². The van der Waals surface area contributed by atoms with Gasteiger partial charge in [-0.1, -0.05) is 42.9 Å². The predicted molar refractivity (Wildman–Crippen MR) is 93.6 cm³/mol. The molecule has 2 heterocycles. The van der Waals surface area contributed by atoms with E-state index in [-0.39, 0.29) is 11.8 Å². The van der Waals surface area contributed by atoms with Crippen molar-refractivity contribution in [3.8, 4) is 0 Å². The molecule has 0 saturated heterocycles. The van der Waals surface area contributed by atoms with Crippen molar-refractivity contribution in [2.75, 3.05) is 5.32 Å². The van der Waals surface area contributed by atoms with Gasteiger partial charge in [0.05, 0.1) is 0 Å². The van der Waals surface area contributed by atoms with E-state index in [4.69, 9.17) is 0 Å². The lowest BCUT2D eigenvalue weighted by atomic mass is 10.1. The number of rotatable bonds is 3. The Labute approximate surface area is 139 Å². The fourth-order valence-electron chi connectivity index (χ4n) is 2.65. The molecule has 0 atom stereocenters. The number of aryl methyl sites for hydroxylation is 3. The van der Waals surface area contributed by atoms with E-state index in [0.717, 1.165) is 27.7 Å². The van der Waals surface area contributed by atoms with Crippen LogP contribution >= 0.6 is 11.3 Å². The second-order valence-corrected chi connectivity index (χ2v) is 7.10. The van der Waals surface area contributed by atoms with Gasteiger partial charge in [-0.15, -0.1) is 10.2 Å². The monoisotopic (exact) mass is 328 g/mol. The molecule has 0 radical (unpaired) electrons. The summed E-state index contributed by atoms with van der Waals surface area (Å²) < 4.78 is 1.98. The fraction of sp³-hybridized carbons (Fsp3) is 0.353. The average Bonchev–Trinajstić information content (AvgIpc) is 3.03.